The van der Waals surface area contributed by atoms with E-state index in [4.69, 9.17) is 28.1 Å². The van der Waals surface area contributed by atoms with E-state index in [1.165, 1.54) is 17.6 Å². The van der Waals surface area contributed by atoms with Crippen molar-refractivity contribution in [1.29, 1.82) is 10.5 Å². The molecule has 0 fully saturated rings. The van der Waals surface area contributed by atoms with Crippen LogP contribution in [0.15, 0.2) is 267 Å². The third-order valence-electron chi connectivity index (χ3n) is 15.3. The Morgan fingerprint density at radius 1 is 0.366 bits per heavy atom. The molecule has 0 radical (unpaired) electrons. The molecule has 11 aromatic carbocycles. The maximum Gasteiger partial charge on any atom is 0.0984 e. The van der Waals surface area contributed by atoms with E-state index in [-0.39, 0.29) is 0 Å². The molecule has 380 valence electrons. The van der Waals surface area contributed by atoms with Crippen molar-refractivity contribution >= 4 is 64.0 Å². The first-order valence-corrected chi connectivity index (χ1v) is 30.9. The van der Waals surface area contributed by atoms with Crippen molar-refractivity contribution < 1.29 is 0 Å². The van der Waals surface area contributed by atoms with Gasteiger partial charge < -0.3 is 0 Å². The zero-order valence-corrected chi connectivity index (χ0v) is 46.1. The van der Waals surface area contributed by atoms with Crippen LogP contribution in [0.4, 0.5) is 11.4 Å². The molecule has 0 spiro atoms. The van der Waals surface area contributed by atoms with Crippen LogP contribution >= 0.6 is 0 Å². The predicted octanol–water partition coefficient (Wildman–Crippen LogP) is 15.2. The molecule has 82 heavy (non-hydrogen) atoms. The molecule has 0 unspecified atom stereocenters. The maximum absolute atomic E-state index is 10.4. The summed E-state index contributed by atoms with van der Waals surface area (Å²) >= 11 is -3.71. The fraction of sp³-hybridized carbons (Fsp3) is 0. The quantitative estimate of drug-likeness (QED) is 0.0949. The Bertz CT molecular complexity index is 4500. The van der Waals surface area contributed by atoms with E-state index < -0.39 is 13.3 Å². The van der Waals surface area contributed by atoms with E-state index in [2.05, 4.69) is 184 Å². The molecule has 0 amide bonds. The van der Waals surface area contributed by atoms with E-state index >= 15 is 0 Å². The van der Waals surface area contributed by atoms with Gasteiger partial charge >= 0.3 is 353 Å². The number of rotatable bonds is 11. The fourth-order valence-electron chi connectivity index (χ4n) is 11.5. The molecule has 0 N–H and O–H groups in total. The van der Waals surface area contributed by atoms with Crippen molar-refractivity contribution in [3.8, 4) is 85.4 Å². The molecule has 2 heterocycles. The van der Waals surface area contributed by atoms with E-state index in [0.717, 1.165) is 66.4 Å². The van der Waals surface area contributed by atoms with Crippen molar-refractivity contribution in [2.45, 2.75) is 0 Å². The molecular weight excluding hydrogens is 1060 g/mol. The number of aromatic nitrogens is 4. The summed E-state index contributed by atoms with van der Waals surface area (Å²) in [5, 5.41) is 22.0. The van der Waals surface area contributed by atoms with Crippen LogP contribution in [0.2, 0.25) is 0 Å². The summed E-state index contributed by atoms with van der Waals surface area (Å²) in [6.07, 6.45) is 0. The molecule has 0 bridgehead atoms. The van der Waals surface area contributed by atoms with Crippen molar-refractivity contribution in [3.05, 3.63) is 301 Å². The molecule has 0 aliphatic carbocycles. The van der Waals surface area contributed by atoms with Crippen LogP contribution in [-0.4, -0.2) is 32.8 Å². The molecule has 13 aromatic rings. The Kier molecular flexibility index (Phi) is 13.2. The summed E-state index contributed by atoms with van der Waals surface area (Å²) < 4.78 is 7.51. The zero-order valence-electron chi connectivity index (χ0n) is 44.0. The Hall–Kier alpha value is -11.3. The SMILES string of the molecule is [C-]#[N+]c1ccc(-c2ccc3c(c2)c2cc(-c4ccc(C#N)cc4[N+]#[C-])ccc2n3-c2ccc(-c3ccc[c]([Ge]([c]4ccccc4)([c]4ccccc4)[c]4ccccc4)c3)cc2-c2nc(-c3ccccc3)nc(-c3ccccc3)n2)c(C#N)c1. The third kappa shape index (κ3) is 8.95. The maximum atomic E-state index is 10.4. The van der Waals surface area contributed by atoms with Crippen LogP contribution in [0, 0.1) is 35.8 Å². The van der Waals surface area contributed by atoms with E-state index in [0.29, 0.717) is 51.1 Å². The largest absolute Gasteiger partial charge is 0.192 e. The van der Waals surface area contributed by atoms with Gasteiger partial charge in [0.15, 0.2) is 11.4 Å². The minimum absolute atomic E-state index is 0.374. The number of hydrogen-bond acceptors (Lipinski definition) is 5. The molecular formula is C73H44GeN8. The van der Waals surface area contributed by atoms with Gasteiger partial charge in [0.25, 0.3) is 0 Å². The van der Waals surface area contributed by atoms with Crippen molar-refractivity contribution in [2.24, 2.45) is 0 Å². The van der Waals surface area contributed by atoms with Gasteiger partial charge in [-0.2, -0.15) is 10.5 Å². The second-order valence-electron chi connectivity index (χ2n) is 19.9. The molecule has 2 aromatic heterocycles. The number of nitriles is 2. The van der Waals surface area contributed by atoms with Crippen LogP contribution in [-0.2, 0) is 0 Å². The summed E-state index contributed by atoms with van der Waals surface area (Å²) in [6, 6.07) is 96.1. The van der Waals surface area contributed by atoms with Gasteiger partial charge in [-0.25, -0.2) is 9.69 Å². The molecule has 8 nitrogen and oxygen atoms in total. The Labute approximate surface area is 477 Å². The minimum atomic E-state index is -3.71. The molecule has 13 rings (SSSR count). The topological polar surface area (TPSA) is 99.9 Å². The minimum Gasteiger partial charge on any atom is -0.192 e. The number of nitrogens with zero attached hydrogens (tertiary/aromatic N) is 8. The number of benzene rings is 11. The smallest absolute Gasteiger partial charge is 0.0984 e. The molecule has 0 saturated carbocycles. The molecule has 0 aliphatic heterocycles. The van der Waals surface area contributed by atoms with Crippen LogP contribution < -0.4 is 17.6 Å². The van der Waals surface area contributed by atoms with Crippen LogP contribution in [0.1, 0.15) is 11.1 Å². The van der Waals surface area contributed by atoms with Crippen molar-refractivity contribution in [3.63, 3.8) is 0 Å². The fourth-order valence-corrected chi connectivity index (χ4v) is 21.6. The summed E-state index contributed by atoms with van der Waals surface area (Å²) in [5.41, 5.74) is 11.6. The molecule has 9 heteroatoms. The van der Waals surface area contributed by atoms with Gasteiger partial charge in [0.2, 0.25) is 0 Å². The van der Waals surface area contributed by atoms with Crippen LogP contribution in [0.3, 0.4) is 0 Å². The first kappa shape index (κ1) is 50.3. The Morgan fingerprint density at radius 3 is 1.39 bits per heavy atom. The summed E-state index contributed by atoms with van der Waals surface area (Å²) in [6.45, 7) is 15.8. The predicted molar refractivity (Wildman–Crippen MR) is 332 cm³/mol. The van der Waals surface area contributed by atoms with Gasteiger partial charge in [0.1, 0.15) is 0 Å². The van der Waals surface area contributed by atoms with E-state index in [9.17, 15) is 10.5 Å². The van der Waals surface area contributed by atoms with E-state index in [1.54, 1.807) is 24.3 Å². The Balaban J connectivity index is 1.10. The number of hydrogen-bond donors (Lipinski definition) is 0. The van der Waals surface area contributed by atoms with E-state index in [1.807, 2.05) is 84.9 Å². The third-order valence-corrected chi connectivity index (χ3v) is 25.3. The van der Waals surface area contributed by atoms with Gasteiger partial charge in [-0.05, 0) is 29.3 Å². The van der Waals surface area contributed by atoms with Crippen LogP contribution in [0.25, 0.3) is 105 Å². The van der Waals surface area contributed by atoms with Gasteiger partial charge in [-0.15, -0.1) is 0 Å². The first-order valence-electron chi connectivity index (χ1n) is 26.7. The standard InChI is InChI=1S/C73H44GeN8/c1-77-61-35-37-62(56(43-61)48-76)54-33-39-68-64(45-54)65-46-55(63-36-31-49(47-75)41-67(63)78-2)34-40-69(65)82(68)70-38-32-53(44-66(70)73-80-71(50-19-8-3-9-20-50)79-72(81-73)51-21-10-4-11-22-51)52-23-18-30-60(42-52)74(57-24-12-5-13-25-57,58-26-14-6-15-27-58)59-28-16-7-17-29-59/h3-46H. The average Bonchev–Trinajstić information content (AvgIpc) is 3.85. The van der Waals surface area contributed by atoms with Gasteiger partial charge in [-0.3, -0.25) is 0 Å². The van der Waals surface area contributed by atoms with Gasteiger partial charge in [-0.1, -0.05) is 30.3 Å². The van der Waals surface area contributed by atoms with Gasteiger partial charge in [0.05, 0.1) is 25.3 Å². The monoisotopic (exact) mass is 1110 g/mol. The Morgan fingerprint density at radius 2 is 0.854 bits per heavy atom. The number of fused-ring (bicyclic) bond motifs is 3. The average molecular weight is 1110 g/mol. The van der Waals surface area contributed by atoms with Crippen molar-refractivity contribution in [1.82, 2.24) is 19.5 Å². The summed E-state index contributed by atoms with van der Waals surface area (Å²) in [7, 11) is 0. The first-order chi connectivity index (χ1) is 40.4. The van der Waals surface area contributed by atoms with Gasteiger partial charge in [0, 0.05) is 11.1 Å². The second kappa shape index (κ2) is 21.5. The van der Waals surface area contributed by atoms with Crippen LogP contribution in [0.5, 0.6) is 0 Å². The zero-order chi connectivity index (χ0) is 55.6. The molecule has 0 atom stereocenters. The summed E-state index contributed by atoms with van der Waals surface area (Å²) in [4.78, 5) is 23.4. The van der Waals surface area contributed by atoms with Crippen molar-refractivity contribution in [2.75, 3.05) is 0 Å². The summed E-state index contributed by atoms with van der Waals surface area (Å²) in [5.74, 6) is 1.54. The second-order valence-corrected chi connectivity index (χ2v) is 27.9. The molecule has 0 saturated heterocycles. The normalized spacial score (nSPS) is 11.1. The molecule has 0 aliphatic rings.